The highest BCUT2D eigenvalue weighted by Gasteiger charge is 2.10. The van der Waals surface area contributed by atoms with E-state index in [-0.39, 0.29) is 18.7 Å². The van der Waals surface area contributed by atoms with Crippen molar-refractivity contribution in [3.05, 3.63) is 38.8 Å². The highest BCUT2D eigenvalue weighted by Crippen LogP contribution is 2.06. The third kappa shape index (κ3) is 6.16. The number of rotatable bonds is 9. The second-order valence-electron chi connectivity index (χ2n) is 4.66. The first kappa shape index (κ1) is 17.3. The van der Waals surface area contributed by atoms with Gasteiger partial charge in [-0.3, -0.25) is 29.1 Å². The normalized spacial score (nSPS) is 10.2. The molecule has 2 N–H and O–H groups in total. The summed E-state index contributed by atoms with van der Waals surface area (Å²) in [6.07, 6.45) is 2.95. The van der Waals surface area contributed by atoms with Crippen molar-refractivity contribution >= 4 is 17.6 Å². The number of nitrogens with one attached hydrogen (secondary N) is 1. The fourth-order valence-corrected chi connectivity index (χ4v) is 1.77. The van der Waals surface area contributed by atoms with Crippen LogP contribution in [0, 0.1) is 10.1 Å². The Bertz CT molecular complexity index is 610. The van der Waals surface area contributed by atoms with Gasteiger partial charge in [-0.05, 0) is 12.8 Å². The number of unbranched alkanes of at least 4 members (excludes halogenated alkanes) is 2. The fourth-order valence-electron chi connectivity index (χ4n) is 1.77. The lowest BCUT2D eigenvalue weighted by atomic mass is 10.2. The van der Waals surface area contributed by atoms with E-state index in [9.17, 15) is 24.5 Å². The van der Waals surface area contributed by atoms with Gasteiger partial charge in [0.2, 0.25) is 5.91 Å². The number of carbonyl (C=O) groups excluding carboxylic acids is 1. The van der Waals surface area contributed by atoms with Gasteiger partial charge >= 0.3 is 5.97 Å². The number of aliphatic carboxylic acids is 1. The Balaban J connectivity index is 2.39. The molecule has 0 saturated heterocycles. The zero-order valence-electron chi connectivity index (χ0n) is 11.9. The molecular weight excluding hydrogens is 294 g/mol. The first-order valence-electron chi connectivity index (χ1n) is 6.73. The van der Waals surface area contributed by atoms with E-state index in [1.807, 2.05) is 0 Å². The number of nitrogens with zero attached hydrogens (tertiary/aromatic N) is 2. The molecule has 0 fully saturated rings. The van der Waals surface area contributed by atoms with E-state index >= 15 is 0 Å². The first-order valence-corrected chi connectivity index (χ1v) is 6.73. The first-order chi connectivity index (χ1) is 10.4. The van der Waals surface area contributed by atoms with Crippen LogP contribution in [0.3, 0.4) is 0 Å². The minimum atomic E-state index is -0.853. The molecule has 0 aliphatic rings. The number of carbonyl (C=O) groups is 2. The molecule has 0 atom stereocenters. The van der Waals surface area contributed by atoms with E-state index in [0.717, 1.165) is 22.9 Å². The van der Waals surface area contributed by atoms with Crippen molar-refractivity contribution in [2.24, 2.45) is 0 Å². The van der Waals surface area contributed by atoms with Gasteiger partial charge in [0.05, 0.1) is 11.1 Å². The Hall–Kier alpha value is -2.71. The lowest BCUT2D eigenvalue weighted by Gasteiger charge is -2.07. The summed E-state index contributed by atoms with van der Waals surface area (Å²) < 4.78 is 0.970. The van der Waals surface area contributed by atoms with Crippen molar-refractivity contribution in [1.82, 2.24) is 9.88 Å². The summed E-state index contributed by atoms with van der Waals surface area (Å²) in [4.78, 5) is 43.4. The summed E-state index contributed by atoms with van der Waals surface area (Å²) in [5.74, 6) is -1.28. The predicted molar refractivity (Wildman–Crippen MR) is 76.5 cm³/mol. The van der Waals surface area contributed by atoms with Crippen molar-refractivity contribution in [3.8, 4) is 0 Å². The number of hydrogen-bond donors (Lipinski definition) is 2. The Morgan fingerprint density at radius 3 is 2.64 bits per heavy atom. The third-order valence-electron chi connectivity index (χ3n) is 2.88. The minimum Gasteiger partial charge on any atom is -0.481 e. The van der Waals surface area contributed by atoms with Gasteiger partial charge in [0, 0.05) is 25.1 Å². The predicted octanol–water partition coefficient (Wildman–Crippen LogP) is 0.518. The van der Waals surface area contributed by atoms with Crippen LogP contribution in [0.25, 0.3) is 0 Å². The Morgan fingerprint density at radius 2 is 2.00 bits per heavy atom. The zero-order chi connectivity index (χ0) is 16.5. The van der Waals surface area contributed by atoms with Crippen molar-refractivity contribution in [2.75, 3.05) is 6.54 Å². The standard InChI is InChI=1S/C13H17N3O6/c17-11(14-7-3-1-2-4-13(19)20)9-15-8-10(16(21)22)5-6-12(15)18/h5-6,8H,1-4,7,9H2,(H,14,17)(H,19,20). The number of pyridine rings is 1. The maximum Gasteiger partial charge on any atom is 0.303 e. The molecule has 0 aliphatic heterocycles. The number of nitro groups is 1. The molecule has 1 heterocycles. The fraction of sp³-hybridized carbons (Fsp3) is 0.462. The molecule has 0 radical (unpaired) electrons. The summed E-state index contributed by atoms with van der Waals surface area (Å²) in [7, 11) is 0. The van der Waals surface area contributed by atoms with Gasteiger partial charge in [0.25, 0.3) is 11.2 Å². The van der Waals surface area contributed by atoms with E-state index in [0.29, 0.717) is 25.8 Å². The molecule has 0 bridgehead atoms. The van der Waals surface area contributed by atoms with Gasteiger partial charge < -0.3 is 10.4 Å². The van der Waals surface area contributed by atoms with Crippen molar-refractivity contribution in [1.29, 1.82) is 0 Å². The molecule has 9 heteroatoms. The molecular formula is C13H17N3O6. The maximum atomic E-state index is 11.7. The molecule has 22 heavy (non-hydrogen) atoms. The molecule has 1 rings (SSSR count). The van der Waals surface area contributed by atoms with Crippen LogP contribution in [0.2, 0.25) is 0 Å². The molecule has 0 spiro atoms. The summed E-state index contributed by atoms with van der Waals surface area (Å²) in [6.45, 7) is 0.0672. The van der Waals surface area contributed by atoms with E-state index in [1.165, 1.54) is 0 Å². The molecule has 0 saturated carbocycles. The number of amides is 1. The Morgan fingerprint density at radius 1 is 1.27 bits per heavy atom. The molecule has 1 amide bonds. The van der Waals surface area contributed by atoms with Gasteiger partial charge in [-0.1, -0.05) is 6.42 Å². The van der Waals surface area contributed by atoms with Gasteiger partial charge in [-0.15, -0.1) is 0 Å². The third-order valence-corrected chi connectivity index (χ3v) is 2.88. The van der Waals surface area contributed by atoms with Crippen molar-refractivity contribution < 1.29 is 19.6 Å². The van der Waals surface area contributed by atoms with E-state index < -0.39 is 22.4 Å². The summed E-state index contributed by atoms with van der Waals surface area (Å²) >= 11 is 0. The van der Waals surface area contributed by atoms with Gasteiger partial charge in [-0.25, -0.2) is 0 Å². The van der Waals surface area contributed by atoms with Gasteiger partial charge in [-0.2, -0.15) is 0 Å². The monoisotopic (exact) mass is 311 g/mol. The lowest BCUT2D eigenvalue weighted by molar-refractivity contribution is -0.385. The average Bonchev–Trinajstić information content (AvgIpc) is 2.44. The largest absolute Gasteiger partial charge is 0.481 e. The van der Waals surface area contributed by atoms with Crippen LogP contribution >= 0.6 is 0 Å². The van der Waals surface area contributed by atoms with Crippen LogP contribution in [-0.4, -0.2) is 33.0 Å². The minimum absolute atomic E-state index is 0.0943. The van der Waals surface area contributed by atoms with Crippen molar-refractivity contribution in [2.45, 2.75) is 32.2 Å². The molecule has 120 valence electrons. The summed E-state index contributed by atoms with van der Waals surface area (Å²) in [5.41, 5.74) is -0.761. The molecule has 1 aromatic heterocycles. The van der Waals surface area contributed by atoms with E-state index in [4.69, 9.17) is 5.11 Å². The highest BCUT2D eigenvalue weighted by atomic mass is 16.6. The number of aromatic nitrogens is 1. The molecule has 0 unspecified atom stereocenters. The van der Waals surface area contributed by atoms with Crippen molar-refractivity contribution in [3.63, 3.8) is 0 Å². The second-order valence-corrected chi connectivity index (χ2v) is 4.66. The highest BCUT2D eigenvalue weighted by molar-refractivity contribution is 5.75. The topological polar surface area (TPSA) is 132 Å². The van der Waals surface area contributed by atoms with E-state index in [2.05, 4.69) is 5.32 Å². The van der Waals surface area contributed by atoms with Crippen LogP contribution in [0.5, 0.6) is 0 Å². The molecule has 1 aromatic rings. The average molecular weight is 311 g/mol. The Kier molecular flexibility index (Phi) is 6.74. The molecule has 9 nitrogen and oxygen atoms in total. The smallest absolute Gasteiger partial charge is 0.303 e. The quantitative estimate of drug-likeness (QED) is 0.388. The maximum absolute atomic E-state index is 11.7. The number of hydrogen-bond acceptors (Lipinski definition) is 5. The van der Waals surface area contributed by atoms with Crippen LogP contribution in [0.15, 0.2) is 23.1 Å². The van der Waals surface area contributed by atoms with Crippen LogP contribution < -0.4 is 10.9 Å². The van der Waals surface area contributed by atoms with Crippen LogP contribution in [-0.2, 0) is 16.1 Å². The van der Waals surface area contributed by atoms with Gasteiger partial charge in [0.15, 0.2) is 0 Å². The SMILES string of the molecule is O=C(O)CCCCCNC(=O)Cn1cc([N+](=O)[O-])ccc1=O. The summed E-state index contributed by atoms with van der Waals surface area (Å²) in [5, 5.41) is 21.7. The van der Waals surface area contributed by atoms with Crippen LogP contribution in [0.4, 0.5) is 5.69 Å². The number of carboxylic acid groups (broad SMARTS) is 1. The summed E-state index contributed by atoms with van der Waals surface area (Å²) in [6, 6.07) is 2.12. The Labute approximate surface area is 125 Å². The molecule has 0 aliphatic carbocycles. The van der Waals surface area contributed by atoms with Gasteiger partial charge in [0.1, 0.15) is 6.54 Å². The number of carboxylic acids is 1. The zero-order valence-corrected chi connectivity index (χ0v) is 11.9. The lowest BCUT2D eigenvalue weighted by Crippen LogP contribution is -2.32. The molecule has 0 aromatic carbocycles. The van der Waals surface area contributed by atoms with E-state index in [1.54, 1.807) is 0 Å². The van der Waals surface area contributed by atoms with Crippen LogP contribution in [0.1, 0.15) is 25.7 Å². The second kappa shape index (κ2) is 8.55.